The van der Waals surface area contributed by atoms with E-state index in [-0.39, 0.29) is 5.91 Å². The maximum Gasteiger partial charge on any atom is 0.255 e. The lowest BCUT2D eigenvalue weighted by molar-refractivity contribution is 0.0947. The highest BCUT2D eigenvalue weighted by Gasteiger charge is 2.14. The molecule has 1 N–H and O–H groups in total. The van der Waals surface area contributed by atoms with Crippen LogP contribution in [0.4, 0.5) is 0 Å². The lowest BCUT2D eigenvalue weighted by Gasteiger charge is -2.09. The lowest BCUT2D eigenvalue weighted by atomic mass is 10.1. The third-order valence-electron chi connectivity index (χ3n) is 3.98. The quantitative estimate of drug-likeness (QED) is 0.757. The number of aryl methyl sites for hydroxylation is 2. The van der Waals surface area contributed by atoms with E-state index in [4.69, 9.17) is 0 Å². The van der Waals surface area contributed by atoms with Crippen molar-refractivity contribution in [3.63, 3.8) is 0 Å². The zero-order chi connectivity index (χ0) is 16.9. The van der Waals surface area contributed by atoms with Crippen molar-refractivity contribution in [3.05, 3.63) is 53.9 Å². The molecule has 6 nitrogen and oxygen atoms in total. The molecule has 0 aliphatic carbocycles. The Morgan fingerprint density at radius 3 is 2.88 bits per heavy atom. The summed E-state index contributed by atoms with van der Waals surface area (Å²) >= 11 is 0. The van der Waals surface area contributed by atoms with E-state index in [0.717, 1.165) is 41.9 Å². The standard InChI is InChI=1S/C18H21N5O/c1-3-7-14-13(10-19-12-21-14)18(24)20-11-17-22-15-8-5-6-9-16(15)23(17)4-2/h5-6,8-10,12H,3-4,7,11H2,1-2H3,(H,20,24). The van der Waals surface area contributed by atoms with Gasteiger partial charge < -0.3 is 9.88 Å². The highest BCUT2D eigenvalue weighted by molar-refractivity contribution is 5.94. The van der Waals surface area contributed by atoms with Gasteiger partial charge in [-0.25, -0.2) is 15.0 Å². The molecule has 2 aromatic heterocycles. The number of nitrogens with one attached hydrogen (secondary N) is 1. The average molecular weight is 323 g/mol. The zero-order valence-corrected chi connectivity index (χ0v) is 14.0. The van der Waals surface area contributed by atoms with Crippen LogP contribution in [0.5, 0.6) is 0 Å². The van der Waals surface area contributed by atoms with Gasteiger partial charge in [0.1, 0.15) is 12.2 Å². The number of amides is 1. The van der Waals surface area contributed by atoms with Crippen LogP contribution in [0.2, 0.25) is 0 Å². The van der Waals surface area contributed by atoms with E-state index in [0.29, 0.717) is 12.1 Å². The Labute approximate surface area is 141 Å². The molecule has 0 aliphatic rings. The first-order chi connectivity index (χ1) is 11.7. The van der Waals surface area contributed by atoms with Gasteiger partial charge in [0.05, 0.1) is 28.8 Å². The molecule has 0 radical (unpaired) electrons. The van der Waals surface area contributed by atoms with E-state index < -0.39 is 0 Å². The summed E-state index contributed by atoms with van der Waals surface area (Å²) in [7, 11) is 0. The van der Waals surface area contributed by atoms with Crippen molar-refractivity contribution in [2.45, 2.75) is 39.8 Å². The Hall–Kier alpha value is -2.76. The van der Waals surface area contributed by atoms with E-state index in [1.54, 1.807) is 6.20 Å². The molecule has 24 heavy (non-hydrogen) atoms. The molecular formula is C18H21N5O. The smallest absolute Gasteiger partial charge is 0.255 e. The number of hydrogen-bond acceptors (Lipinski definition) is 4. The molecule has 0 unspecified atom stereocenters. The molecule has 0 saturated carbocycles. The first-order valence-corrected chi connectivity index (χ1v) is 8.25. The fourth-order valence-corrected chi connectivity index (χ4v) is 2.85. The number of carbonyl (C=O) groups is 1. The summed E-state index contributed by atoms with van der Waals surface area (Å²) < 4.78 is 2.12. The third-order valence-corrected chi connectivity index (χ3v) is 3.98. The predicted octanol–water partition coefficient (Wildman–Crippen LogP) is 2.73. The Morgan fingerprint density at radius 2 is 2.08 bits per heavy atom. The molecule has 3 aromatic rings. The number of benzene rings is 1. The molecule has 124 valence electrons. The second kappa shape index (κ2) is 7.21. The molecule has 0 atom stereocenters. The molecular weight excluding hydrogens is 302 g/mol. The van der Waals surface area contributed by atoms with E-state index in [1.165, 1.54) is 6.33 Å². The van der Waals surface area contributed by atoms with Crippen LogP contribution >= 0.6 is 0 Å². The molecule has 0 fully saturated rings. The van der Waals surface area contributed by atoms with Gasteiger partial charge in [0.2, 0.25) is 0 Å². The van der Waals surface area contributed by atoms with Crippen molar-refractivity contribution in [3.8, 4) is 0 Å². The number of rotatable bonds is 6. The number of nitrogens with zero attached hydrogens (tertiary/aromatic N) is 4. The largest absolute Gasteiger partial charge is 0.345 e. The number of imidazole rings is 1. The van der Waals surface area contributed by atoms with Crippen LogP contribution in [0, 0.1) is 0 Å². The SMILES string of the molecule is CCCc1ncncc1C(=O)NCc1nc2ccccc2n1CC. The predicted molar refractivity (Wildman–Crippen MR) is 92.6 cm³/mol. The van der Waals surface area contributed by atoms with E-state index in [2.05, 4.69) is 38.7 Å². The van der Waals surface area contributed by atoms with Crippen molar-refractivity contribution in [1.82, 2.24) is 24.8 Å². The van der Waals surface area contributed by atoms with E-state index in [9.17, 15) is 4.79 Å². The van der Waals surface area contributed by atoms with Crippen LogP contribution < -0.4 is 5.32 Å². The normalized spacial score (nSPS) is 10.9. The maximum atomic E-state index is 12.5. The van der Waals surface area contributed by atoms with Crippen LogP contribution in [-0.2, 0) is 19.5 Å². The van der Waals surface area contributed by atoms with E-state index in [1.807, 2.05) is 24.3 Å². The molecule has 3 rings (SSSR count). The summed E-state index contributed by atoms with van der Waals surface area (Å²) in [6.45, 7) is 5.32. The van der Waals surface area contributed by atoms with Crippen molar-refractivity contribution in [2.24, 2.45) is 0 Å². The minimum Gasteiger partial charge on any atom is -0.345 e. The number of hydrogen-bond donors (Lipinski definition) is 1. The minimum absolute atomic E-state index is 0.159. The Balaban J connectivity index is 1.80. The van der Waals surface area contributed by atoms with E-state index >= 15 is 0 Å². The van der Waals surface area contributed by atoms with Gasteiger partial charge >= 0.3 is 0 Å². The number of carbonyl (C=O) groups excluding carboxylic acids is 1. The Bertz CT molecular complexity index is 855. The van der Waals surface area contributed by atoms with Crippen molar-refractivity contribution < 1.29 is 4.79 Å². The molecule has 0 aliphatic heterocycles. The topological polar surface area (TPSA) is 72.7 Å². The van der Waals surface area contributed by atoms with Gasteiger partial charge in [0, 0.05) is 12.7 Å². The van der Waals surface area contributed by atoms with Gasteiger partial charge in [-0.05, 0) is 25.5 Å². The number of para-hydroxylation sites is 2. The Morgan fingerprint density at radius 1 is 1.25 bits per heavy atom. The summed E-state index contributed by atoms with van der Waals surface area (Å²) in [4.78, 5) is 25.3. The van der Waals surface area contributed by atoms with Gasteiger partial charge in [-0.1, -0.05) is 25.5 Å². The van der Waals surface area contributed by atoms with Crippen LogP contribution in [0.3, 0.4) is 0 Å². The first-order valence-electron chi connectivity index (χ1n) is 8.25. The summed E-state index contributed by atoms with van der Waals surface area (Å²) in [5.74, 6) is 0.690. The number of fused-ring (bicyclic) bond motifs is 1. The molecule has 0 saturated heterocycles. The fraction of sp³-hybridized carbons (Fsp3) is 0.333. The highest BCUT2D eigenvalue weighted by atomic mass is 16.1. The molecule has 0 bridgehead atoms. The maximum absolute atomic E-state index is 12.5. The summed E-state index contributed by atoms with van der Waals surface area (Å²) in [5, 5.41) is 2.95. The molecule has 1 aromatic carbocycles. The van der Waals surface area contributed by atoms with Crippen molar-refractivity contribution >= 4 is 16.9 Å². The monoisotopic (exact) mass is 323 g/mol. The van der Waals surface area contributed by atoms with Crippen molar-refractivity contribution in [1.29, 1.82) is 0 Å². The Kier molecular flexibility index (Phi) is 4.84. The van der Waals surface area contributed by atoms with Crippen LogP contribution in [0.15, 0.2) is 36.8 Å². The zero-order valence-electron chi connectivity index (χ0n) is 14.0. The van der Waals surface area contributed by atoms with Crippen LogP contribution in [0.25, 0.3) is 11.0 Å². The van der Waals surface area contributed by atoms with Gasteiger partial charge in [0.25, 0.3) is 5.91 Å². The van der Waals surface area contributed by atoms with Gasteiger partial charge in [-0.3, -0.25) is 4.79 Å². The van der Waals surface area contributed by atoms with Gasteiger partial charge in [0.15, 0.2) is 0 Å². The first kappa shape index (κ1) is 16.1. The fourth-order valence-electron chi connectivity index (χ4n) is 2.85. The lowest BCUT2D eigenvalue weighted by Crippen LogP contribution is -2.26. The molecule has 1 amide bonds. The third kappa shape index (κ3) is 3.13. The molecule has 2 heterocycles. The van der Waals surface area contributed by atoms with Gasteiger partial charge in [-0.15, -0.1) is 0 Å². The van der Waals surface area contributed by atoms with Gasteiger partial charge in [-0.2, -0.15) is 0 Å². The summed E-state index contributed by atoms with van der Waals surface area (Å²) in [6.07, 6.45) is 4.76. The van der Waals surface area contributed by atoms with Crippen LogP contribution in [-0.4, -0.2) is 25.4 Å². The molecule has 0 spiro atoms. The number of aromatic nitrogens is 4. The average Bonchev–Trinajstić information content (AvgIpc) is 2.98. The summed E-state index contributed by atoms with van der Waals surface area (Å²) in [5.41, 5.74) is 3.35. The molecule has 6 heteroatoms. The van der Waals surface area contributed by atoms with Crippen LogP contribution in [0.1, 0.15) is 42.1 Å². The second-order valence-electron chi connectivity index (χ2n) is 5.58. The summed E-state index contributed by atoms with van der Waals surface area (Å²) in [6, 6.07) is 7.99. The second-order valence-corrected chi connectivity index (χ2v) is 5.58. The van der Waals surface area contributed by atoms with Crippen molar-refractivity contribution in [2.75, 3.05) is 0 Å². The highest BCUT2D eigenvalue weighted by Crippen LogP contribution is 2.16. The minimum atomic E-state index is -0.159.